The summed E-state index contributed by atoms with van der Waals surface area (Å²) in [4.78, 5) is 23.8. The Morgan fingerprint density at radius 2 is 1.72 bits per heavy atom. The van der Waals surface area contributed by atoms with E-state index in [9.17, 15) is 9.59 Å². The van der Waals surface area contributed by atoms with Gasteiger partial charge in [0.1, 0.15) is 5.57 Å². The Morgan fingerprint density at radius 3 is 2.36 bits per heavy atom. The van der Waals surface area contributed by atoms with Crippen molar-refractivity contribution in [3.8, 4) is 0 Å². The fraction of sp³-hybridized carbons (Fsp3) is 0.0556. The average Bonchev–Trinajstić information content (AvgIpc) is 2.55. The van der Waals surface area contributed by atoms with Gasteiger partial charge in [-0.1, -0.05) is 57.9 Å². The van der Waals surface area contributed by atoms with Crippen molar-refractivity contribution in [2.45, 2.75) is 6.42 Å². The lowest BCUT2D eigenvalue weighted by Gasteiger charge is -2.16. The molecule has 1 aliphatic rings. The van der Waals surface area contributed by atoms with Gasteiger partial charge in [-0.05, 0) is 47.1 Å². The molecule has 7 heteroatoms. The van der Waals surface area contributed by atoms with E-state index in [4.69, 9.17) is 23.8 Å². The van der Waals surface area contributed by atoms with Gasteiger partial charge in [-0.3, -0.25) is 20.2 Å². The molecule has 1 aliphatic heterocycles. The van der Waals surface area contributed by atoms with Gasteiger partial charge < -0.3 is 0 Å². The number of halogens is 2. The third-order valence-corrected chi connectivity index (χ3v) is 5.00. The van der Waals surface area contributed by atoms with E-state index >= 15 is 0 Å². The molecule has 0 spiro atoms. The van der Waals surface area contributed by atoms with E-state index in [0.29, 0.717) is 17.0 Å². The molecule has 0 atom stereocenters. The van der Waals surface area contributed by atoms with E-state index in [-0.39, 0.29) is 10.7 Å². The van der Waals surface area contributed by atoms with Crippen molar-refractivity contribution in [1.82, 2.24) is 10.6 Å². The minimum Gasteiger partial charge on any atom is -0.299 e. The van der Waals surface area contributed by atoms with E-state index in [0.717, 1.165) is 15.6 Å². The topological polar surface area (TPSA) is 58.2 Å². The highest BCUT2D eigenvalue weighted by Crippen LogP contribution is 2.25. The Bertz CT molecular complexity index is 905. The first-order valence-corrected chi connectivity index (χ1v) is 8.92. The van der Waals surface area contributed by atoms with Crippen LogP contribution in [0.25, 0.3) is 6.08 Å². The van der Waals surface area contributed by atoms with Gasteiger partial charge in [0.25, 0.3) is 11.8 Å². The molecular formula is C18H12BrClN2O2S. The van der Waals surface area contributed by atoms with Crippen molar-refractivity contribution in [3.05, 3.63) is 74.2 Å². The van der Waals surface area contributed by atoms with Crippen LogP contribution >= 0.6 is 39.7 Å². The van der Waals surface area contributed by atoms with Crippen LogP contribution in [0.2, 0.25) is 5.02 Å². The minimum absolute atomic E-state index is 0.00830. The monoisotopic (exact) mass is 434 g/mol. The third-order valence-electron chi connectivity index (χ3n) is 3.67. The molecule has 0 bridgehead atoms. The van der Waals surface area contributed by atoms with Gasteiger partial charge in [0.15, 0.2) is 5.11 Å². The van der Waals surface area contributed by atoms with Gasteiger partial charge in [0.2, 0.25) is 0 Å². The van der Waals surface area contributed by atoms with Crippen molar-refractivity contribution in [3.63, 3.8) is 0 Å². The quantitative estimate of drug-likeness (QED) is 0.440. The fourth-order valence-corrected chi connectivity index (χ4v) is 3.28. The van der Waals surface area contributed by atoms with E-state index < -0.39 is 11.8 Å². The van der Waals surface area contributed by atoms with E-state index in [1.807, 2.05) is 36.4 Å². The maximum Gasteiger partial charge on any atom is 0.263 e. The Hall–Kier alpha value is -2.02. The number of thiocarbonyl (C=S) groups is 1. The summed E-state index contributed by atoms with van der Waals surface area (Å²) in [5.74, 6) is -1.05. The van der Waals surface area contributed by atoms with Crippen LogP contribution in [0.15, 0.2) is 52.5 Å². The van der Waals surface area contributed by atoms with Gasteiger partial charge >= 0.3 is 0 Å². The number of rotatable bonds is 3. The molecule has 2 aromatic rings. The highest BCUT2D eigenvalue weighted by atomic mass is 79.9. The Labute approximate surface area is 163 Å². The molecule has 3 rings (SSSR count). The molecule has 2 amide bonds. The summed E-state index contributed by atoms with van der Waals surface area (Å²) in [5, 5.41) is 5.37. The molecule has 0 aliphatic carbocycles. The molecule has 126 valence electrons. The zero-order chi connectivity index (χ0) is 18.0. The lowest BCUT2D eigenvalue weighted by atomic mass is 10.0. The van der Waals surface area contributed by atoms with Crippen molar-refractivity contribution in [1.29, 1.82) is 0 Å². The van der Waals surface area contributed by atoms with Gasteiger partial charge in [-0.15, -0.1) is 0 Å². The van der Waals surface area contributed by atoms with Gasteiger partial charge in [-0.25, -0.2) is 0 Å². The molecule has 1 saturated heterocycles. The normalized spacial score (nSPS) is 14.2. The highest BCUT2D eigenvalue weighted by Gasteiger charge is 2.25. The summed E-state index contributed by atoms with van der Waals surface area (Å²) in [5.41, 5.74) is 2.72. The molecular weight excluding hydrogens is 424 g/mol. The summed E-state index contributed by atoms with van der Waals surface area (Å²) in [6.45, 7) is 0. The highest BCUT2D eigenvalue weighted by molar-refractivity contribution is 9.10. The largest absolute Gasteiger partial charge is 0.299 e. The van der Waals surface area contributed by atoms with Crippen LogP contribution in [-0.4, -0.2) is 16.9 Å². The van der Waals surface area contributed by atoms with Gasteiger partial charge in [0.05, 0.1) is 0 Å². The van der Waals surface area contributed by atoms with Crippen molar-refractivity contribution < 1.29 is 9.59 Å². The van der Waals surface area contributed by atoms with Crippen LogP contribution in [0, 0.1) is 0 Å². The number of hydrogen-bond donors (Lipinski definition) is 2. The third kappa shape index (κ3) is 4.15. The molecule has 4 nitrogen and oxygen atoms in total. The average molecular weight is 436 g/mol. The predicted molar refractivity (Wildman–Crippen MR) is 105 cm³/mol. The zero-order valence-corrected chi connectivity index (χ0v) is 16.0. The number of hydrogen-bond acceptors (Lipinski definition) is 3. The number of benzene rings is 2. The molecule has 0 aromatic heterocycles. The number of amides is 2. The lowest BCUT2D eigenvalue weighted by molar-refractivity contribution is -0.123. The number of carbonyl (C=O) groups excluding carboxylic acids is 2. The Balaban J connectivity index is 1.86. The maximum atomic E-state index is 11.9. The molecule has 0 unspecified atom stereocenters. The molecule has 2 aromatic carbocycles. The van der Waals surface area contributed by atoms with Crippen LogP contribution in [0.4, 0.5) is 0 Å². The molecule has 1 heterocycles. The number of carbonyl (C=O) groups is 2. The Kier molecular flexibility index (Phi) is 5.32. The van der Waals surface area contributed by atoms with Crippen molar-refractivity contribution in [2.75, 3.05) is 0 Å². The van der Waals surface area contributed by atoms with Gasteiger partial charge in [0, 0.05) is 15.9 Å². The molecule has 2 N–H and O–H groups in total. The number of nitrogens with one attached hydrogen (secondary N) is 2. The summed E-state index contributed by atoms with van der Waals surface area (Å²) < 4.78 is 1.02. The molecule has 0 radical (unpaired) electrons. The lowest BCUT2D eigenvalue weighted by Crippen LogP contribution is -2.51. The van der Waals surface area contributed by atoms with Crippen LogP contribution < -0.4 is 10.6 Å². The fourth-order valence-electron chi connectivity index (χ4n) is 2.42. The van der Waals surface area contributed by atoms with Gasteiger partial charge in [-0.2, -0.15) is 0 Å². The van der Waals surface area contributed by atoms with E-state index in [2.05, 4.69) is 26.6 Å². The van der Waals surface area contributed by atoms with Crippen molar-refractivity contribution in [2.24, 2.45) is 0 Å². The summed E-state index contributed by atoms with van der Waals surface area (Å²) in [7, 11) is 0. The summed E-state index contributed by atoms with van der Waals surface area (Å²) in [6, 6.07) is 13.4. The summed E-state index contributed by atoms with van der Waals surface area (Å²) >= 11 is 14.7. The van der Waals surface area contributed by atoms with Crippen LogP contribution in [0.5, 0.6) is 0 Å². The van der Waals surface area contributed by atoms with Crippen LogP contribution in [0.1, 0.15) is 16.7 Å². The zero-order valence-electron chi connectivity index (χ0n) is 12.8. The first-order valence-electron chi connectivity index (χ1n) is 7.34. The first-order chi connectivity index (χ1) is 11.9. The molecule has 0 saturated carbocycles. The Morgan fingerprint density at radius 1 is 1.04 bits per heavy atom. The second-order valence-electron chi connectivity index (χ2n) is 5.41. The summed E-state index contributed by atoms with van der Waals surface area (Å²) in [6.07, 6.45) is 2.16. The standard InChI is InChI=1S/C18H12BrClN2O2S/c19-14-4-2-1-3-11(14)9-12-6-5-10(8-15(12)20)7-13-16(23)21-18(25)22-17(13)24/h1-8H,9H2,(H2,21,22,23,24,25). The van der Waals surface area contributed by atoms with Crippen LogP contribution in [-0.2, 0) is 16.0 Å². The van der Waals surface area contributed by atoms with Crippen LogP contribution in [0.3, 0.4) is 0 Å². The van der Waals surface area contributed by atoms with E-state index in [1.165, 1.54) is 6.08 Å². The molecule has 25 heavy (non-hydrogen) atoms. The maximum absolute atomic E-state index is 11.9. The van der Waals surface area contributed by atoms with E-state index in [1.54, 1.807) is 6.07 Å². The molecule has 1 fully saturated rings. The minimum atomic E-state index is -0.526. The smallest absolute Gasteiger partial charge is 0.263 e. The SMILES string of the molecule is O=C1NC(=S)NC(=O)C1=Cc1ccc(Cc2ccccc2Br)c(Cl)c1. The van der Waals surface area contributed by atoms with Crippen molar-refractivity contribution >= 4 is 62.8 Å². The first kappa shape index (κ1) is 17.8. The second-order valence-corrected chi connectivity index (χ2v) is 7.08. The predicted octanol–water partition coefficient (Wildman–Crippen LogP) is 3.61. The second kappa shape index (κ2) is 7.47.